The molecule has 1 saturated carbocycles. The highest BCUT2D eigenvalue weighted by Crippen LogP contribution is 2.38. The SMILES string of the molecule is OC1CC(Cl)C(Cl)CC1[C@@H]1CCNC[C@H]1O. The summed E-state index contributed by atoms with van der Waals surface area (Å²) in [7, 11) is 0. The van der Waals surface area contributed by atoms with Crippen LogP contribution in [0, 0.1) is 11.8 Å². The predicted molar refractivity (Wildman–Crippen MR) is 65.0 cm³/mol. The summed E-state index contributed by atoms with van der Waals surface area (Å²) in [5.41, 5.74) is 0. The van der Waals surface area contributed by atoms with Crippen molar-refractivity contribution in [2.24, 2.45) is 11.8 Å². The summed E-state index contributed by atoms with van der Waals surface area (Å²) >= 11 is 12.2. The zero-order chi connectivity index (χ0) is 11.7. The van der Waals surface area contributed by atoms with Crippen LogP contribution in [0.2, 0.25) is 0 Å². The summed E-state index contributed by atoms with van der Waals surface area (Å²) in [5, 5.41) is 22.9. The van der Waals surface area contributed by atoms with Crippen LogP contribution in [0.1, 0.15) is 19.3 Å². The van der Waals surface area contributed by atoms with E-state index in [0.29, 0.717) is 19.4 Å². The minimum absolute atomic E-state index is 0.0860. The number of rotatable bonds is 1. The number of aliphatic hydroxyl groups is 2. The molecule has 2 aliphatic rings. The molecule has 1 heterocycles. The van der Waals surface area contributed by atoms with E-state index in [9.17, 15) is 10.2 Å². The maximum Gasteiger partial charge on any atom is 0.0696 e. The highest BCUT2D eigenvalue weighted by atomic mass is 35.5. The first-order valence-corrected chi connectivity index (χ1v) is 6.82. The zero-order valence-corrected chi connectivity index (χ0v) is 10.7. The predicted octanol–water partition coefficient (Wildman–Crippen LogP) is 0.942. The van der Waals surface area contributed by atoms with Crippen LogP contribution in [0.4, 0.5) is 0 Å². The number of nitrogens with one attached hydrogen (secondary N) is 1. The van der Waals surface area contributed by atoms with E-state index < -0.39 is 6.10 Å². The number of piperidine rings is 1. The van der Waals surface area contributed by atoms with Gasteiger partial charge in [-0.25, -0.2) is 0 Å². The molecule has 1 saturated heterocycles. The number of hydrogen-bond donors (Lipinski definition) is 3. The molecule has 0 spiro atoms. The Labute approximate surface area is 106 Å². The first kappa shape index (κ1) is 12.9. The lowest BCUT2D eigenvalue weighted by molar-refractivity contribution is -0.0250. The molecular formula is C11H19Cl2NO2. The summed E-state index contributed by atoms with van der Waals surface area (Å²) in [6.07, 6.45) is 1.36. The number of aliphatic hydroxyl groups excluding tert-OH is 2. The molecule has 94 valence electrons. The van der Waals surface area contributed by atoms with E-state index in [1.54, 1.807) is 0 Å². The quantitative estimate of drug-likeness (QED) is 0.620. The first-order chi connectivity index (χ1) is 7.59. The topological polar surface area (TPSA) is 52.5 Å². The molecule has 2 rings (SSSR count). The molecule has 3 nitrogen and oxygen atoms in total. The standard InChI is InChI=1S/C11H19Cl2NO2/c12-8-3-7(10(15)4-9(8)13)6-1-2-14-5-11(6)16/h6-11,14-16H,1-5H2/t6-,7?,8?,9?,10?,11+/m0/s1. The summed E-state index contributed by atoms with van der Waals surface area (Å²) in [4.78, 5) is 0. The molecule has 0 radical (unpaired) electrons. The maximum atomic E-state index is 10.1. The van der Waals surface area contributed by atoms with Crippen molar-refractivity contribution in [1.29, 1.82) is 0 Å². The van der Waals surface area contributed by atoms with Crippen LogP contribution in [0.15, 0.2) is 0 Å². The van der Waals surface area contributed by atoms with E-state index in [4.69, 9.17) is 23.2 Å². The molecule has 4 unspecified atom stereocenters. The maximum absolute atomic E-state index is 10.1. The van der Waals surface area contributed by atoms with Crippen LogP contribution in [-0.2, 0) is 0 Å². The first-order valence-electron chi connectivity index (χ1n) is 5.94. The van der Waals surface area contributed by atoms with Crippen molar-refractivity contribution in [1.82, 2.24) is 5.32 Å². The fourth-order valence-corrected chi connectivity index (χ4v) is 3.53. The molecule has 16 heavy (non-hydrogen) atoms. The lowest BCUT2D eigenvalue weighted by Gasteiger charge is -2.42. The Morgan fingerprint density at radius 3 is 2.31 bits per heavy atom. The fourth-order valence-electron chi connectivity index (χ4n) is 2.94. The van der Waals surface area contributed by atoms with Gasteiger partial charge in [0, 0.05) is 6.54 Å². The van der Waals surface area contributed by atoms with Gasteiger partial charge in [-0.05, 0) is 37.6 Å². The van der Waals surface area contributed by atoms with Crippen LogP contribution in [-0.4, -0.2) is 46.3 Å². The van der Waals surface area contributed by atoms with Gasteiger partial charge in [0.15, 0.2) is 0 Å². The normalized spacial score (nSPS) is 50.2. The molecule has 0 amide bonds. The van der Waals surface area contributed by atoms with Crippen LogP contribution >= 0.6 is 23.2 Å². The Hall–Kier alpha value is 0.460. The zero-order valence-electron chi connectivity index (χ0n) is 9.15. The largest absolute Gasteiger partial charge is 0.393 e. The smallest absolute Gasteiger partial charge is 0.0696 e. The number of hydrogen-bond acceptors (Lipinski definition) is 3. The van der Waals surface area contributed by atoms with E-state index in [-0.39, 0.29) is 28.7 Å². The third-order valence-corrected chi connectivity index (χ3v) is 5.00. The van der Waals surface area contributed by atoms with E-state index in [0.717, 1.165) is 13.0 Å². The van der Waals surface area contributed by atoms with Crippen LogP contribution in [0.3, 0.4) is 0 Å². The average Bonchev–Trinajstić information content (AvgIpc) is 2.25. The van der Waals surface area contributed by atoms with Gasteiger partial charge < -0.3 is 15.5 Å². The van der Waals surface area contributed by atoms with Gasteiger partial charge >= 0.3 is 0 Å². The number of halogens is 2. The highest BCUT2D eigenvalue weighted by Gasteiger charge is 2.41. The van der Waals surface area contributed by atoms with Crippen LogP contribution in [0.5, 0.6) is 0 Å². The second-order valence-corrected chi connectivity index (χ2v) is 6.08. The lowest BCUT2D eigenvalue weighted by Crippen LogP contribution is -2.49. The Balaban J connectivity index is 2.01. The van der Waals surface area contributed by atoms with Crippen molar-refractivity contribution in [2.45, 2.75) is 42.2 Å². The third-order valence-electron chi connectivity index (χ3n) is 3.90. The minimum Gasteiger partial charge on any atom is -0.393 e. The molecule has 1 aliphatic carbocycles. The molecule has 1 aliphatic heterocycles. The van der Waals surface area contributed by atoms with Crippen molar-refractivity contribution in [3.8, 4) is 0 Å². The van der Waals surface area contributed by atoms with Gasteiger partial charge in [0.05, 0.1) is 23.0 Å². The lowest BCUT2D eigenvalue weighted by atomic mass is 9.73. The third kappa shape index (κ3) is 2.65. The second kappa shape index (κ2) is 5.40. The van der Waals surface area contributed by atoms with E-state index >= 15 is 0 Å². The van der Waals surface area contributed by atoms with Crippen molar-refractivity contribution in [3.05, 3.63) is 0 Å². The fraction of sp³-hybridized carbons (Fsp3) is 1.00. The molecule has 0 bridgehead atoms. The van der Waals surface area contributed by atoms with Crippen molar-refractivity contribution in [2.75, 3.05) is 13.1 Å². The molecule has 2 fully saturated rings. The average molecular weight is 268 g/mol. The molecule has 0 aromatic carbocycles. The van der Waals surface area contributed by atoms with Crippen molar-refractivity contribution < 1.29 is 10.2 Å². The summed E-state index contributed by atoms with van der Waals surface area (Å²) in [5.74, 6) is 0.247. The Bertz CT molecular complexity index is 242. The summed E-state index contributed by atoms with van der Waals surface area (Å²) in [6, 6.07) is 0. The van der Waals surface area contributed by atoms with Gasteiger partial charge in [-0.2, -0.15) is 0 Å². The molecule has 0 aromatic heterocycles. The molecular weight excluding hydrogens is 249 g/mol. The van der Waals surface area contributed by atoms with Crippen LogP contribution < -0.4 is 5.32 Å². The second-order valence-electron chi connectivity index (χ2n) is 4.96. The number of alkyl halides is 2. The van der Waals surface area contributed by atoms with E-state index in [2.05, 4.69) is 5.32 Å². The molecule has 5 heteroatoms. The Morgan fingerprint density at radius 1 is 0.938 bits per heavy atom. The van der Waals surface area contributed by atoms with Gasteiger partial charge in [0.2, 0.25) is 0 Å². The Kier molecular flexibility index (Phi) is 4.36. The Morgan fingerprint density at radius 2 is 1.62 bits per heavy atom. The van der Waals surface area contributed by atoms with Gasteiger partial charge in [-0.15, -0.1) is 23.2 Å². The van der Waals surface area contributed by atoms with Crippen molar-refractivity contribution >= 4 is 23.2 Å². The van der Waals surface area contributed by atoms with Gasteiger partial charge in [-0.1, -0.05) is 0 Å². The molecule has 3 N–H and O–H groups in total. The highest BCUT2D eigenvalue weighted by molar-refractivity contribution is 6.30. The van der Waals surface area contributed by atoms with Gasteiger partial charge in [-0.3, -0.25) is 0 Å². The van der Waals surface area contributed by atoms with E-state index in [1.165, 1.54) is 0 Å². The van der Waals surface area contributed by atoms with Crippen LogP contribution in [0.25, 0.3) is 0 Å². The van der Waals surface area contributed by atoms with Gasteiger partial charge in [0.1, 0.15) is 0 Å². The monoisotopic (exact) mass is 267 g/mol. The summed E-state index contributed by atoms with van der Waals surface area (Å²) < 4.78 is 0. The minimum atomic E-state index is -0.421. The summed E-state index contributed by atoms with van der Waals surface area (Å²) in [6.45, 7) is 1.52. The number of β-amino-alcohol motifs (C(OH)–C–C–N with tert-alkyl or cyclic N) is 1. The molecule has 0 aromatic rings. The molecule has 6 atom stereocenters. The van der Waals surface area contributed by atoms with Gasteiger partial charge in [0.25, 0.3) is 0 Å². The van der Waals surface area contributed by atoms with Crippen molar-refractivity contribution in [3.63, 3.8) is 0 Å². The van der Waals surface area contributed by atoms with E-state index in [1.807, 2.05) is 0 Å².